The first kappa shape index (κ1) is 11.4. The lowest BCUT2D eigenvalue weighted by Gasteiger charge is -2.09. The number of phenols is 1. The zero-order valence-corrected chi connectivity index (χ0v) is 8.98. The molecule has 1 N–H and O–H groups in total. The largest absolute Gasteiger partial charge is 0.507 e. The fourth-order valence-electron chi connectivity index (χ4n) is 1.09. The Morgan fingerprint density at radius 3 is 2.53 bits per heavy atom. The van der Waals surface area contributed by atoms with Crippen LogP contribution < -0.4 is 4.74 Å². The SMILES string of the molecule is COc1ccc(C(=O)OC(C)C)c(O)c1. The molecule has 0 aliphatic carbocycles. The molecule has 0 aromatic heterocycles. The minimum atomic E-state index is -0.537. The van der Waals surface area contributed by atoms with Gasteiger partial charge in [-0.1, -0.05) is 0 Å². The van der Waals surface area contributed by atoms with Crippen molar-refractivity contribution in [2.45, 2.75) is 20.0 Å². The topological polar surface area (TPSA) is 55.8 Å². The summed E-state index contributed by atoms with van der Waals surface area (Å²) in [7, 11) is 1.49. The van der Waals surface area contributed by atoms with E-state index < -0.39 is 5.97 Å². The van der Waals surface area contributed by atoms with E-state index in [2.05, 4.69) is 0 Å². The molecule has 4 heteroatoms. The molecule has 82 valence electrons. The number of ether oxygens (including phenoxy) is 2. The van der Waals surface area contributed by atoms with Crippen LogP contribution in [0, 0.1) is 0 Å². The van der Waals surface area contributed by atoms with Crippen LogP contribution >= 0.6 is 0 Å². The van der Waals surface area contributed by atoms with E-state index >= 15 is 0 Å². The van der Waals surface area contributed by atoms with Crippen LogP contribution in [0.15, 0.2) is 18.2 Å². The molecule has 0 saturated heterocycles. The Labute approximate surface area is 88.4 Å². The van der Waals surface area contributed by atoms with Gasteiger partial charge in [-0.3, -0.25) is 0 Å². The van der Waals surface area contributed by atoms with Crippen LogP contribution in [0.3, 0.4) is 0 Å². The average Bonchev–Trinajstić information content (AvgIpc) is 2.16. The summed E-state index contributed by atoms with van der Waals surface area (Å²) >= 11 is 0. The molecule has 0 saturated carbocycles. The third-order valence-electron chi connectivity index (χ3n) is 1.77. The average molecular weight is 210 g/mol. The summed E-state index contributed by atoms with van der Waals surface area (Å²) in [5, 5.41) is 9.52. The number of aromatic hydroxyl groups is 1. The van der Waals surface area contributed by atoms with Gasteiger partial charge in [0, 0.05) is 6.07 Å². The third-order valence-corrected chi connectivity index (χ3v) is 1.77. The Morgan fingerprint density at radius 1 is 1.40 bits per heavy atom. The fourth-order valence-corrected chi connectivity index (χ4v) is 1.09. The highest BCUT2D eigenvalue weighted by Gasteiger charge is 2.14. The molecule has 0 atom stereocenters. The van der Waals surface area contributed by atoms with Crippen molar-refractivity contribution in [1.82, 2.24) is 0 Å². The van der Waals surface area contributed by atoms with Gasteiger partial charge in [0.15, 0.2) is 0 Å². The molecule has 0 unspecified atom stereocenters. The first-order chi connectivity index (χ1) is 7.04. The minimum absolute atomic E-state index is 0.139. The van der Waals surface area contributed by atoms with Gasteiger partial charge in [-0.15, -0.1) is 0 Å². The summed E-state index contributed by atoms with van der Waals surface area (Å²) in [6.07, 6.45) is -0.209. The first-order valence-electron chi connectivity index (χ1n) is 4.62. The molecule has 0 aliphatic rings. The fraction of sp³-hybridized carbons (Fsp3) is 0.364. The number of benzene rings is 1. The molecule has 1 aromatic carbocycles. The highest BCUT2D eigenvalue weighted by molar-refractivity contribution is 5.92. The van der Waals surface area contributed by atoms with E-state index in [0.717, 1.165) is 0 Å². The summed E-state index contributed by atoms with van der Waals surface area (Å²) < 4.78 is 9.85. The van der Waals surface area contributed by atoms with Gasteiger partial charge in [0.25, 0.3) is 0 Å². The van der Waals surface area contributed by atoms with Gasteiger partial charge in [0.2, 0.25) is 0 Å². The van der Waals surface area contributed by atoms with Gasteiger partial charge in [-0.25, -0.2) is 4.79 Å². The second-order valence-electron chi connectivity index (χ2n) is 3.34. The lowest BCUT2D eigenvalue weighted by atomic mass is 10.2. The maximum atomic E-state index is 11.5. The Kier molecular flexibility index (Phi) is 3.55. The highest BCUT2D eigenvalue weighted by Crippen LogP contribution is 2.24. The smallest absolute Gasteiger partial charge is 0.342 e. The quantitative estimate of drug-likeness (QED) is 0.775. The van der Waals surface area contributed by atoms with Crippen molar-refractivity contribution < 1.29 is 19.4 Å². The predicted octanol–water partition coefficient (Wildman–Crippen LogP) is 1.97. The standard InChI is InChI=1S/C11H14O4/c1-7(2)15-11(13)9-5-4-8(14-3)6-10(9)12/h4-7,12H,1-3H3. The van der Waals surface area contributed by atoms with Crippen LogP contribution in [0.25, 0.3) is 0 Å². The first-order valence-corrected chi connectivity index (χ1v) is 4.62. The number of carbonyl (C=O) groups excluding carboxylic acids is 1. The third kappa shape index (κ3) is 2.87. The van der Waals surface area contributed by atoms with Crippen LogP contribution in [-0.4, -0.2) is 24.3 Å². The predicted molar refractivity (Wildman–Crippen MR) is 55.2 cm³/mol. The number of carbonyl (C=O) groups is 1. The van der Waals surface area contributed by atoms with E-state index in [1.165, 1.54) is 19.2 Å². The Morgan fingerprint density at radius 2 is 2.07 bits per heavy atom. The Bertz CT molecular complexity index is 358. The van der Waals surface area contributed by atoms with Gasteiger partial charge < -0.3 is 14.6 Å². The van der Waals surface area contributed by atoms with Crippen LogP contribution in [0.1, 0.15) is 24.2 Å². The van der Waals surface area contributed by atoms with Crippen molar-refractivity contribution in [3.63, 3.8) is 0 Å². The van der Waals surface area contributed by atoms with E-state index in [0.29, 0.717) is 5.75 Å². The number of hydrogen-bond acceptors (Lipinski definition) is 4. The molecule has 4 nitrogen and oxygen atoms in total. The molecule has 1 aromatic rings. The van der Waals surface area contributed by atoms with Crippen LogP contribution in [0.2, 0.25) is 0 Å². The van der Waals surface area contributed by atoms with Crippen molar-refractivity contribution in [1.29, 1.82) is 0 Å². The molecule has 0 fully saturated rings. The molecule has 0 bridgehead atoms. The lowest BCUT2D eigenvalue weighted by Crippen LogP contribution is -2.11. The van der Waals surface area contributed by atoms with E-state index in [4.69, 9.17) is 9.47 Å². The van der Waals surface area contributed by atoms with Crippen molar-refractivity contribution in [3.8, 4) is 11.5 Å². The number of methoxy groups -OCH3 is 1. The van der Waals surface area contributed by atoms with Gasteiger partial charge in [-0.05, 0) is 26.0 Å². The molecule has 0 heterocycles. The van der Waals surface area contributed by atoms with Crippen molar-refractivity contribution >= 4 is 5.97 Å². The van der Waals surface area contributed by atoms with E-state index in [1.807, 2.05) is 0 Å². The number of rotatable bonds is 3. The van der Waals surface area contributed by atoms with Crippen LogP contribution in [0.5, 0.6) is 11.5 Å². The normalized spacial score (nSPS) is 10.1. The van der Waals surface area contributed by atoms with Gasteiger partial charge >= 0.3 is 5.97 Å². The highest BCUT2D eigenvalue weighted by atomic mass is 16.5. The summed E-state index contributed by atoms with van der Waals surface area (Å²) in [4.78, 5) is 11.5. The molecule has 0 amide bonds. The zero-order chi connectivity index (χ0) is 11.4. The lowest BCUT2D eigenvalue weighted by molar-refractivity contribution is 0.0374. The van der Waals surface area contributed by atoms with Crippen molar-refractivity contribution in [2.24, 2.45) is 0 Å². The number of esters is 1. The maximum Gasteiger partial charge on any atom is 0.342 e. The van der Waals surface area contributed by atoms with E-state index in [1.54, 1.807) is 19.9 Å². The molecule has 0 radical (unpaired) electrons. The summed E-state index contributed by atoms with van der Waals surface area (Å²) in [6.45, 7) is 3.50. The molecular weight excluding hydrogens is 196 g/mol. The molecule has 0 aliphatic heterocycles. The van der Waals surface area contributed by atoms with E-state index in [9.17, 15) is 9.90 Å². The monoisotopic (exact) mass is 210 g/mol. The summed E-state index contributed by atoms with van der Waals surface area (Å²) in [5.74, 6) is -0.182. The minimum Gasteiger partial charge on any atom is -0.507 e. The molecular formula is C11H14O4. The molecule has 0 spiro atoms. The van der Waals surface area contributed by atoms with Gasteiger partial charge in [0.1, 0.15) is 17.1 Å². The van der Waals surface area contributed by atoms with Crippen LogP contribution in [0.4, 0.5) is 0 Å². The molecule has 1 rings (SSSR count). The Hall–Kier alpha value is -1.71. The van der Waals surface area contributed by atoms with Crippen molar-refractivity contribution in [3.05, 3.63) is 23.8 Å². The number of hydrogen-bond donors (Lipinski definition) is 1. The summed E-state index contributed by atoms with van der Waals surface area (Å²) in [6, 6.07) is 4.44. The number of phenolic OH excluding ortho intramolecular Hbond substituents is 1. The second-order valence-corrected chi connectivity index (χ2v) is 3.34. The van der Waals surface area contributed by atoms with Crippen LogP contribution in [-0.2, 0) is 4.74 Å². The van der Waals surface area contributed by atoms with Crippen molar-refractivity contribution in [2.75, 3.05) is 7.11 Å². The van der Waals surface area contributed by atoms with E-state index in [-0.39, 0.29) is 17.4 Å². The zero-order valence-electron chi connectivity index (χ0n) is 8.98. The second kappa shape index (κ2) is 4.68. The Balaban J connectivity index is 2.90. The van der Waals surface area contributed by atoms with Gasteiger partial charge in [0.05, 0.1) is 13.2 Å². The maximum absolute atomic E-state index is 11.5. The molecule has 15 heavy (non-hydrogen) atoms. The van der Waals surface area contributed by atoms with Gasteiger partial charge in [-0.2, -0.15) is 0 Å². The summed E-state index contributed by atoms with van der Waals surface area (Å²) in [5.41, 5.74) is 0.143.